The average Bonchev–Trinajstić information content (AvgIpc) is 2.18. The minimum absolute atomic E-state index is 0.417. The molecule has 0 aliphatic heterocycles. The first-order chi connectivity index (χ1) is 7.04. The molecule has 5 heteroatoms. The molecule has 2 nitrogen and oxygen atoms in total. The molecule has 1 atom stereocenters. The van der Waals surface area contributed by atoms with Crippen molar-refractivity contribution in [2.24, 2.45) is 11.7 Å². The smallest absolute Gasteiger partial charge is 0.396 e. The largest absolute Gasteiger partial charge is 0.493 e. The normalized spacial score (nSPS) is 13.6. The molecule has 0 amide bonds. The molecule has 84 valence electrons. The number of rotatable bonds is 4. The second-order valence-electron chi connectivity index (χ2n) is 3.10. The Bertz CT molecular complexity index is 286. The quantitative estimate of drug-likeness (QED) is 0.842. The van der Waals surface area contributed by atoms with E-state index in [2.05, 4.69) is 0 Å². The highest BCUT2D eigenvalue weighted by Gasteiger charge is 2.39. The van der Waals surface area contributed by atoms with Crippen molar-refractivity contribution in [2.45, 2.75) is 6.18 Å². The third kappa shape index (κ3) is 3.79. The van der Waals surface area contributed by atoms with Gasteiger partial charge < -0.3 is 10.5 Å². The monoisotopic (exact) mass is 219 g/mol. The molecule has 0 aliphatic carbocycles. The van der Waals surface area contributed by atoms with Gasteiger partial charge in [0.25, 0.3) is 0 Å². The lowest BCUT2D eigenvalue weighted by atomic mass is 10.1. The minimum atomic E-state index is -4.30. The molecule has 0 aromatic heterocycles. The lowest BCUT2D eigenvalue weighted by Gasteiger charge is -2.18. The van der Waals surface area contributed by atoms with Crippen LogP contribution in [-0.4, -0.2) is 19.3 Å². The fourth-order valence-electron chi connectivity index (χ4n) is 1.01. The zero-order valence-electron chi connectivity index (χ0n) is 8.00. The summed E-state index contributed by atoms with van der Waals surface area (Å²) in [4.78, 5) is 0. The summed E-state index contributed by atoms with van der Waals surface area (Å²) in [5.74, 6) is -1.20. The zero-order valence-corrected chi connectivity index (χ0v) is 8.00. The summed E-state index contributed by atoms with van der Waals surface area (Å²) in [6.45, 7) is -0.902. The summed E-state index contributed by atoms with van der Waals surface area (Å²) in [5.41, 5.74) is 5.02. The lowest BCUT2D eigenvalue weighted by molar-refractivity contribution is -0.178. The highest BCUT2D eigenvalue weighted by atomic mass is 19.4. The Kier molecular flexibility index (Phi) is 3.96. The van der Waals surface area contributed by atoms with E-state index in [-0.39, 0.29) is 0 Å². The maximum absolute atomic E-state index is 12.3. The molecular weight excluding hydrogens is 207 g/mol. The third-order valence-corrected chi connectivity index (χ3v) is 1.94. The van der Waals surface area contributed by atoms with E-state index in [1.165, 1.54) is 0 Å². The van der Waals surface area contributed by atoms with Crippen LogP contribution in [0.4, 0.5) is 13.2 Å². The second-order valence-corrected chi connectivity index (χ2v) is 3.10. The number of nitrogens with two attached hydrogens (primary N) is 1. The molecule has 15 heavy (non-hydrogen) atoms. The van der Waals surface area contributed by atoms with Gasteiger partial charge in [0.05, 0.1) is 0 Å². The number of ether oxygens (including phenoxy) is 1. The lowest BCUT2D eigenvalue weighted by Crippen LogP contribution is -2.34. The van der Waals surface area contributed by atoms with Crippen molar-refractivity contribution in [1.29, 1.82) is 0 Å². The Labute approximate surface area is 85.8 Å². The predicted molar refractivity (Wildman–Crippen MR) is 50.5 cm³/mol. The summed E-state index contributed by atoms with van der Waals surface area (Å²) in [7, 11) is 0. The molecule has 1 unspecified atom stereocenters. The molecule has 0 saturated carbocycles. The van der Waals surface area contributed by atoms with Gasteiger partial charge in [0.1, 0.15) is 18.3 Å². The summed E-state index contributed by atoms with van der Waals surface area (Å²) >= 11 is 0. The summed E-state index contributed by atoms with van der Waals surface area (Å²) in [6, 6.07) is 8.35. The fraction of sp³-hybridized carbons (Fsp3) is 0.400. The highest BCUT2D eigenvalue weighted by molar-refractivity contribution is 5.20. The number of hydrogen-bond donors (Lipinski definition) is 1. The molecule has 2 N–H and O–H groups in total. The molecular formula is C10H12F3NO. The molecule has 0 spiro atoms. The number of halogens is 3. The van der Waals surface area contributed by atoms with Gasteiger partial charge in [-0.05, 0) is 12.1 Å². The number of benzene rings is 1. The minimum Gasteiger partial charge on any atom is -0.493 e. The van der Waals surface area contributed by atoms with E-state index in [0.717, 1.165) is 0 Å². The van der Waals surface area contributed by atoms with Gasteiger partial charge in [0.2, 0.25) is 0 Å². The van der Waals surface area contributed by atoms with Gasteiger partial charge in [0.15, 0.2) is 0 Å². The first-order valence-corrected chi connectivity index (χ1v) is 4.48. The molecule has 1 rings (SSSR count). The van der Waals surface area contributed by atoms with Gasteiger partial charge in [-0.2, -0.15) is 13.2 Å². The van der Waals surface area contributed by atoms with Crippen LogP contribution in [-0.2, 0) is 0 Å². The number of para-hydroxylation sites is 1. The van der Waals surface area contributed by atoms with E-state index >= 15 is 0 Å². The summed E-state index contributed by atoms with van der Waals surface area (Å²) < 4.78 is 41.8. The van der Waals surface area contributed by atoms with Gasteiger partial charge in [-0.15, -0.1) is 0 Å². The Hall–Kier alpha value is -1.23. The van der Waals surface area contributed by atoms with Crippen molar-refractivity contribution in [3.63, 3.8) is 0 Å². The number of alkyl halides is 3. The topological polar surface area (TPSA) is 35.2 Å². The Morgan fingerprint density at radius 3 is 2.27 bits per heavy atom. The van der Waals surface area contributed by atoms with Crippen LogP contribution in [0.1, 0.15) is 0 Å². The standard InChI is InChI=1S/C10H12F3NO/c11-10(12,13)8(6-14)7-15-9-4-2-1-3-5-9/h1-5,8H,6-7,14H2. The molecule has 0 aliphatic rings. The molecule has 1 aromatic carbocycles. The molecule has 0 heterocycles. The van der Waals surface area contributed by atoms with Crippen LogP contribution in [0.25, 0.3) is 0 Å². The number of hydrogen-bond acceptors (Lipinski definition) is 2. The molecule has 0 saturated heterocycles. The second kappa shape index (κ2) is 5.02. The van der Waals surface area contributed by atoms with E-state index in [0.29, 0.717) is 5.75 Å². The molecule has 0 fully saturated rings. The summed E-state index contributed by atoms with van der Waals surface area (Å²) in [6.07, 6.45) is -4.30. The van der Waals surface area contributed by atoms with Gasteiger partial charge in [0, 0.05) is 6.54 Å². The van der Waals surface area contributed by atoms with Crippen molar-refractivity contribution in [3.05, 3.63) is 30.3 Å². The van der Waals surface area contributed by atoms with E-state index in [1.807, 2.05) is 0 Å². The molecule has 1 aromatic rings. The van der Waals surface area contributed by atoms with E-state index in [1.54, 1.807) is 30.3 Å². The van der Waals surface area contributed by atoms with Crippen LogP contribution in [0.5, 0.6) is 5.75 Å². The molecule has 0 bridgehead atoms. The van der Waals surface area contributed by atoms with Gasteiger partial charge >= 0.3 is 6.18 Å². The first-order valence-electron chi connectivity index (χ1n) is 4.48. The predicted octanol–water partition coefficient (Wildman–Crippen LogP) is 2.20. The van der Waals surface area contributed by atoms with E-state index in [4.69, 9.17) is 10.5 Å². The van der Waals surface area contributed by atoms with E-state index in [9.17, 15) is 13.2 Å². The Balaban J connectivity index is 2.49. The van der Waals surface area contributed by atoms with E-state index < -0.39 is 25.2 Å². The Morgan fingerprint density at radius 2 is 1.80 bits per heavy atom. The molecule has 0 radical (unpaired) electrons. The van der Waals surface area contributed by atoms with Gasteiger partial charge in [-0.3, -0.25) is 0 Å². The van der Waals surface area contributed by atoms with Crippen LogP contribution >= 0.6 is 0 Å². The maximum Gasteiger partial charge on any atom is 0.396 e. The van der Waals surface area contributed by atoms with Crippen molar-refractivity contribution >= 4 is 0 Å². The van der Waals surface area contributed by atoms with Crippen LogP contribution < -0.4 is 10.5 Å². The highest BCUT2D eigenvalue weighted by Crippen LogP contribution is 2.26. The fourth-order valence-corrected chi connectivity index (χ4v) is 1.01. The Morgan fingerprint density at radius 1 is 1.20 bits per heavy atom. The van der Waals surface area contributed by atoms with Crippen molar-refractivity contribution in [2.75, 3.05) is 13.2 Å². The summed E-state index contributed by atoms with van der Waals surface area (Å²) in [5, 5.41) is 0. The van der Waals surface area contributed by atoms with Crippen molar-refractivity contribution in [3.8, 4) is 5.75 Å². The van der Waals surface area contributed by atoms with Gasteiger partial charge in [-0.1, -0.05) is 18.2 Å². The van der Waals surface area contributed by atoms with Crippen LogP contribution in [0.15, 0.2) is 30.3 Å². The zero-order chi connectivity index (χ0) is 11.3. The maximum atomic E-state index is 12.3. The average molecular weight is 219 g/mol. The van der Waals surface area contributed by atoms with Crippen LogP contribution in [0.3, 0.4) is 0 Å². The van der Waals surface area contributed by atoms with Gasteiger partial charge in [-0.25, -0.2) is 0 Å². The SMILES string of the molecule is NCC(COc1ccccc1)C(F)(F)F. The first kappa shape index (κ1) is 11.8. The third-order valence-electron chi connectivity index (χ3n) is 1.94. The van der Waals surface area contributed by atoms with Crippen LogP contribution in [0.2, 0.25) is 0 Å². The van der Waals surface area contributed by atoms with Crippen molar-refractivity contribution in [1.82, 2.24) is 0 Å². The van der Waals surface area contributed by atoms with Crippen molar-refractivity contribution < 1.29 is 17.9 Å². The van der Waals surface area contributed by atoms with Crippen LogP contribution in [0, 0.1) is 5.92 Å².